The van der Waals surface area contributed by atoms with Crippen LogP contribution in [0.25, 0.3) is 5.69 Å². The van der Waals surface area contributed by atoms with Crippen molar-refractivity contribution in [3.8, 4) is 5.69 Å². The first-order valence-corrected chi connectivity index (χ1v) is 8.31. The summed E-state index contributed by atoms with van der Waals surface area (Å²) in [6.07, 6.45) is 2.50. The Balaban J connectivity index is 1.70. The Morgan fingerprint density at radius 2 is 2.08 bits per heavy atom. The monoisotopic (exact) mass is 342 g/mol. The maximum atomic E-state index is 12.8. The second-order valence-corrected chi connectivity index (χ2v) is 6.12. The van der Waals surface area contributed by atoms with Crippen LogP contribution < -0.4 is 5.73 Å². The fourth-order valence-electron chi connectivity index (χ4n) is 3.09. The van der Waals surface area contributed by atoms with Crippen LogP contribution in [0, 0.1) is 5.92 Å². The zero-order valence-corrected chi connectivity index (χ0v) is 14.2. The normalized spacial score (nSPS) is 17.0. The number of anilines is 1. The first kappa shape index (κ1) is 17.2. The first-order valence-electron chi connectivity index (χ1n) is 8.31. The molecule has 1 aromatic carbocycles. The van der Waals surface area contributed by atoms with Crippen molar-refractivity contribution in [1.29, 1.82) is 0 Å². The highest BCUT2D eigenvalue weighted by atomic mass is 16.5. The number of carbonyl (C=O) groups is 2. The number of ether oxygens (including phenoxy) is 1. The van der Waals surface area contributed by atoms with E-state index in [1.165, 1.54) is 6.20 Å². The number of benzene rings is 1. The third-order valence-electron chi connectivity index (χ3n) is 4.50. The van der Waals surface area contributed by atoms with Crippen LogP contribution in [0.1, 0.15) is 23.2 Å². The number of nitrogen functional groups attached to an aromatic ring is 1. The van der Waals surface area contributed by atoms with Gasteiger partial charge in [-0.15, -0.1) is 0 Å². The number of rotatable bonds is 6. The largest absolute Gasteiger partial charge is 0.384 e. The Morgan fingerprint density at radius 3 is 2.80 bits per heavy atom. The molecule has 0 spiro atoms. The van der Waals surface area contributed by atoms with Gasteiger partial charge in [-0.2, -0.15) is 5.10 Å². The number of amides is 1. The Hall–Kier alpha value is -2.67. The fraction of sp³-hybridized carbons (Fsp3) is 0.389. The van der Waals surface area contributed by atoms with Crippen molar-refractivity contribution in [2.45, 2.75) is 12.8 Å². The maximum absolute atomic E-state index is 12.8. The van der Waals surface area contributed by atoms with E-state index >= 15 is 0 Å². The molecule has 132 valence electrons. The molecule has 7 nitrogen and oxygen atoms in total. The molecule has 0 radical (unpaired) electrons. The molecule has 1 amide bonds. The Bertz CT molecular complexity index is 757. The summed E-state index contributed by atoms with van der Waals surface area (Å²) in [5.41, 5.74) is 7.37. The van der Waals surface area contributed by atoms with E-state index in [1.807, 2.05) is 30.3 Å². The van der Waals surface area contributed by atoms with Crippen LogP contribution >= 0.6 is 0 Å². The molecule has 2 heterocycles. The molecule has 2 N–H and O–H groups in total. The lowest BCUT2D eigenvalue weighted by atomic mass is 9.98. The summed E-state index contributed by atoms with van der Waals surface area (Å²) in [5.74, 6) is 0.0643. The third-order valence-corrected chi connectivity index (χ3v) is 4.50. The van der Waals surface area contributed by atoms with Crippen LogP contribution in [0.3, 0.4) is 0 Å². The topological polar surface area (TPSA) is 90.5 Å². The molecule has 3 rings (SSSR count). The number of hydrogen-bond donors (Lipinski definition) is 1. The highest BCUT2D eigenvalue weighted by molar-refractivity contribution is 6.02. The number of likely N-dealkylation sites (tertiary alicyclic amines) is 1. The standard InChI is InChI=1S/C18H22N4O3/c1-25-10-8-16(23)21-9-7-13(12-21)17(24)15-11-20-22(18(15)19)14-5-3-2-4-6-14/h2-6,11,13H,7-10,12,19H2,1H3/t13-/m1/s1. The average molecular weight is 342 g/mol. The molecule has 0 bridgehead atoms. The highest BCUT2D eigenvalue weighted by Crippen LogP contribution is 2.25. The van der Waals surface area contributed by atoms with E-state index in [0.29, 0.717) is 43.9 Å². The van der Waals surface area contributed by atoms with Gasteiger partial charge in [0.25, 0.3) is 0 Å². The molecular weight excluding hydrogens is 320 g/mol. The van der Waals surface area contributed by atoms with E-state index in [9.17, 15) is 9.59 Å². The van der Waals surface area contributed by atoms with E-state index in [4.69, 9.17) is 10.5 Å². The van der Waals surface area contributed by atoms with E-state index in [1.54, 1.807) is 16.7 Å². The molecule has 25 heavy (non-hydrogen) atoms. The lowest BCUT2D eigenvalue weighted by molar-refractivity contribution is -0.131. The van der Waals surface area contributed by atoms with E-state index < -0.39 is 0 Å². The summed E-state index contributed by atoms with van der Waals surface area (Å²) >= 11 is 0. The van der Waals surface area contributed by atoms with Crippen LogP contribution in [-0.2, 0) is 9.53 Å². The van der Waals surface area contributed by atoms with Gasteiger partial charge in [-0.05, 0) is 18.6 Å². The third kappa shape index (κ3) is 3.56. The lowest BCUT2D eigenvalue weighted by Gasteiger charge is -2.16. The maximum Gasteiger partial charge on any atom is 0.224 e. The highest BCUT2D eigenvalue weighted by Gasteiger charge is 2.33. The molecule has 1 aliphatic rings. The molecule has 0 saturated carbocycles. The molecular formula is C18H22N4O3. The van der Waals surface area contributed by atoms with Gasteiger partial charge in [0, 0.05) is 26.1 Å². The van der Waals surface area contributed by atoms with Gasteiger partial charge in [-0.25, -0.2) is 4.68 Å². The minimum Gasteiger partial charge on any atom is -0.384 e. The zero-order valence-electron chi connectivity index (χ0n) is 14.2. The van der Waals surface area contributed by atoms with Gasteiger partial charge in [-0.1, -0.05) is 18.2 Å². The molecule has 1 atom stereocenters. The van der Waals surface area contributed by atoms with Gasteiger partial charge in [0.1, 0.15) is 5.82 Å². The number of nitrogens with zero attached hydrogens (tertiary/aromatic N) is 3. The number of aromatic nitrogens is 2. The SMILES string of the molecule is COCCC(=O)N1CC[C@@H](C(=O)c2cnn(-c3ccccc3)c2N)C1. The molecule has 0 unspecified atom stereocenters. The summed E-state index contributed by atoms with van der Waals surface area (Å²) in [6, 6.07) is 9.44. The van der Waals surface area contributed by atoms with Crippen molar-refractivity contribution in [2.75, 3.05) is 32.5 Å². The van der Waals surface area contributed by atoms with Crippen LogP contribution in [-0.4, -0.2) is 53.2 Å². The minimum atomic E-state index is -0.234. The molecule has 7 heteroatoms. The number of hydrogen-bond acceptors (Lipinski definition) is 5. The van der Waals surface area contributed by atoms with Crippen LogP contribution in [0.15, 0.2) is 36.5 Å². The number of nitrogens with two attached hydrogens (primary N) is 1. The van der Waals surface area contributed by atoms with Gasteiger partial charge in [0.2, 0.25) is 5.91 Å². The van der Waals surface area contributed by atoms with Crippen molar-refractivity contribution in [3.63, 3.8) is 0 Å². The van der Waals surface area contributed by atoms with Crippen molar-refractivity contribution >= 4 is 17.5 Å². The van der Waals surface area contributed by atoms with Crippen molar-refractivity contribution in [2.24, 2.45) is 5.92 Å². The van der Waals surface area contributed by atoms with Crippen LogP contribution in [0.2, 0.25) is 0 Å². The van der Waals surface area contributed by atoms with Gasteiger partial charge in [-0.3, -0.25) is 9.59 Å². The summed E-state index contributed by atoms with van der Waals surface area (Å²) in [5, 5.41) is 4.25. The Labute approximate surface area is 146 Å². The van der Waals surface area contributed by atoms with Gasteiger partial charge in [0.05, 0.1) is 30.5 Å². The van der Waals surface area contributed by atoms with Crippen LogP contribution in [0.5, 0.6) is 0 Å². The van der Waals surface area contributed by atoms with Crippen molar-refractivity contribution < 1.29 is 14.3 Å². The van der Waals surface area contributed by atoms with Crippen LogP contribution in [0.4, 0.5) is 5.82 Å². The van der Waals surface area contributed by atoms with Crippen molar-refractivity contribution in [1.82, 2.24) is 14.7 Å². The van der Waals surface area contributed by atoms with Gasteiger partial charge >= 0.3 is 0 Å². The molecule has 1 saturated heterocycles. The summed E-state index contributed by atoms with van der Waals surface area (Å²) in [7, 11) is 1.57. The Kier molecular flexibility index (Phi) is 5.14. The zero-order chi connectivity index (χ0) is 17.8. The molecule has 0 aliphatic carbocycles. The summed E-state index contributed by atoms with van der Waals surface area (Å²) in [4.78, 5) is 26.6. The quantitative estimate of drug-likeness (QED) is 0.804. The van der Waals surface area contributed by atoms with Crippen molar-refractivity contribution in [3.05, 3.63) is 42.1 Å². The predicted molar refractivity (Wildman–Crippen MR) is 93.5 cm³/mol. The minimum absolute atomic E-state index is 0.0186. The van der Waals surface area contributed by atoms with E-state index in [-0.39, 0.29) is 17.6 Å². The lowest BCUT2D eigenvalue weighted by Crippen LogP contribution is -2.30. The number of methoxy groups -OCH3 is 1. The number of para-hydroxylation sites is 1. The summed E-state index contributed by atoms with van der Waals surface area (Å²) in [6.45, 7) is 1.41. The van der Waals surface area contributed by atoms with E-state index in [0.717, 1.165) is 5.69 Å². The Morgan fingerprint density at radius 1 is 1.32 bits per heavy atom. The second-order valence-electron chi connectivity index (χ2n) is 6.12. The molecule has 1 aliphatic heterocycles. The number of Topliss-reactive ketones (excluding diaryl/α,β-unsaturated/α-hetero) is 1. The molecule has 1 fully saturated rings. The summed E-state index contributed by atoms with van der Waals surface area (Å²) < 4.78 is 6.49. The smallest absolute Gasteiger partial charge is 0.224 e. The molecule has 1 aromatic heterocycles. The fourth-order valence-corrected chi connectivity index (χ4v) is 3.09. The van der Waals surface area contributed by atoms with Gasteiger partial charge < -0.3 is 15.4 Å². The second kappa shape index (κ2) is 7.48. The van der Waals surface area contributed by atoms with E-state index in [2.05, 4.69) is 5.10 Å². The number of ketones is 1. The first-order chi connectivity index (χ1) is 12.1. The predicted octanol–water partition coefficient (Wildman–Crippen LogP) is 1.52. The molecule has 2 aromatic rings. The average Bonchev–Trinajstić information content (AvgIpc) is 3.27. The van der Waals surface area contributed by atoms with Gasteiger partial charge in [0.15, 0.2) is 5.78 Å². The number of carbonyl (C=O) groups excluding carboxylic acids is 2.